The van der Waals surface area contributed by atoms with Crippen LogP contribution in [0.3, 0.4) is 0 Å². The number of ether oxygens (including phenoxy) is 3. The van der Waals surface area contributed by atoms with Gasteiger partial charge in [0.2, 0.25) is 0 Å². The molecule has 1 aliphatic rings. The van der Waals surface area contributed by atoms with E-state index >= 15 is 0 Å². The van der Waals surface area contributed by atoms with Crippen molar-refractivity contribution < 1.29 is 29.2 Å². The number of rotatable bonds is 5. The van der Waals surface area contributed by atoms with Gasteiger partial charge in [0.25, 0.3) is 0 Å². The Morgan fingerprint density at radius 2 is 1.95 bits per heavy atom. The zero-order valence-corrected chi connectivity index (χ0v) is 12.8. The second-order valence-corrected chi connectivity index (χ2v) is 5.34. The van der Waals surface area contributed by atoms with Crippen LogP contribution in [0.1, 0.15) is 12.5 Å². The highest BCUT2D eigenvalue weighted by Crippen LogP contribution is 2.25. The van der Waals surface area contributed by atoms with Crippen molar-refractivity contribution in [1.82, 2.24) is 0 Å². The first-order valence-corrected chi connectivity index (χ1v) is 7.49. The molecule has 0 unspecified atom stereocenters. The highest BCUT2D eigenvalue weighted by atomic mass is 35.5. The Morgan fingerprint density at radius 3 is 2.59 bits per heavy atom. The highest BCUT2D eigenvalue weighted by Gasteiger charge is 2.46. The second kappa shape index (κ2) is 7.89. The molecule has 6 nitrogen and oxygen atoms in total. The van der Waals surface area contributed by atoms with Gasteiger partial charge in [-0.2, -0.15) is 0 Å². The van der Waals surface area contributed by atoms with E-state index in [-0.39, 0.29) is 12.5 Å². The number of halogens is 1. The number of aliphatic hydroxyl groups excluding tert-OH is 2. The lowest BCUT2D eigenvalue weighted by atomic mass is 9.99. The first-order valence-electron chi connectivity index (χ1n) is 6.95. The first kappa shape index (κ1) is 17.2. The van der Waals surface area contributed by atoms with E-state index in [0.29, 0.717) is 0 Å². The van der Waals surface area contributed by atoms with Crippen molar-refractivity contribution in [2.75, 3.05) is 5.88 Å². The molecule has 1 aromatic carbocycles. The molecule has 1 aliphatic heterocycles. The maximum atomic E-state index is 11.4. The summed E-state index contributed by atoms with van der Waals surface area (Å²) in [6.07, 6.45) is -5.12. The summed E-state index contributed by atoms with van der Waals surface area (Å²) >= 11 is 5.40. The Labute approximate surface area is 133 Å². The molecule has 1 aromatic rings. The Kier molecular flexibility index (Phi) is 6.16. The van der Waals surface area contributed by atoms with Crippen molar-refractivity contribution in [3.05, 3.63) is 35.9 Å². The van der Waals surface area contributed by atoms with E-state index in [0.717, 1.165) is 5.56 Å². The van der Waals surface area contributed by atoms with E-state index in [2.05, 4.69) is 0 Å². The summed E-state index contributed by atoms with van der Waals surface area (Å²) in [7, 11) is 0. The zero-order chi connectivity index (χ0) is 16.1. The van der Waals surface area contributed by atoms with Crippen LogP contribution in [0.4, 0.5) is 0 Å². The molecule has 1 heterocycles. The Balaban J connectivity index is 2.08. The van der Waals surface area contributed by atoms with Crippen LogP contribution in [-0.4, -0.2) is 52.8 Å². The van der Waals surface area contributed by atoms with E-state index in [1.807, 2.05) is 30.3 Å². The number of hydrogen-bond acceptors (Lipinski definition) is 6. The number of carbonyl (C=O) groups excluding carboxylic acids is 1. The molecule has 0 aliphatic carbocycles. The van der Waals surface area contributed by atoms with Crippen LogP contribution in [0.5, 0.6) is 0 Å². The minimum atomic E-state index is -1.38. The summed E-state index contributed by atoms with van der Waals surface area (Å²) in [6.45, 7) is 1.81. The molecule has 2 rings (SSSR count). The summed E-state index contributed by atoms with van der Waals surface area (Å²) in [5.74, 6) is -1.08. The molecule has 0 amide bonds. The largest absolute Gasteiger partial charge is 0.453 e. The van der Waals surface area contributed by atoms with Gasteiger partial charge in [0.15, 0.2) is 12.4 Å². The number of hydrogen-bond donors (Lipinski definition) is 2. The molecule has 1 saturated heterocycles. The van der Waals surface area contributed by atoms with Crippen molar-refractivity contribution in [1.29, 1.82) is 0 Å². The molecule has 0 radical (unpaired) electrons. The summed E-state index contributed by atoms with van der Waals surface area (Å²) in [5, 5.41) is 20.1. The Bertz CT molecular complexity index is 482. The average molecular weight is 331 g/mol. The van der Waals surface area contributed by atoms with E-state index in [1.165, 1.54) is 0 Å². The van der Waals surface area contributed by atoms with Crippen molar-refractivity contribution in [2.24, 2.45) is 0 Å². The minimum Gasteiger partial charge on any atom is -0.453 e. The molecule has 5 atom stereocenters. The third kappa shape index (κ3) is 4.18. The maximum absolute atomic E-state index is 11.4. The van der Waals surface area contributed by atoms with E-state index in [1.54, 1.807) is 6.92 Å². The molecule has 0 bridgehead atoms. The van der Waals surface area contributed by atoms with Gasteiger partial charge >= 0.3 is 5.97 Å². The Morgan fingerprint density at radius 1 is 1.27 bits per heavy atom. The van der Waals surface area contributed by atoms with Crippen molar-refractivity contribution in [2.45, 2.75) is 44.2 Å². The normalized spacial score (nSPS) is 31.7. The fourth-order valence-corrected chi connectivity index (χ4v) is 2.33. The second-order valence-electron chi connectivity index (χ2n) is 5.07. The van der Waals surface area contributed by atoms with Crippen molar-refractivity contribution in [3.63, 3.8) is 0 Å². The molecule has 2 N–H and O–H groups in total. The van der Waals surface area contributed by atoms with Crippen LogP contribution in [0.2, 0.25) is 0 Å². The molecule has 7 heteroatoms. The molecule has 122 valence electrons. The minimum absolute atomic E-state index is 0.205. The van der Waals surface area contributed by atoms with Gasteiger partial charge in [0.1, 0.15) is 18.1 Å². The third-order valence-corrected chi connectivity index (χ3v) is 3.66. The molecule has 0 aromatic heterocycles. The third-order valence-electron chi connectivity index (χ3n) is 3.44. The first-order chi connectivity index (χ1) is 10.5. The number of aliphatic hydroxyl groups is 2. The molecule has 0 saturated carbocycles. The lowest BCUT2D eigenvalue weighted by molar-refractivity contribution is -0.291. The van der Waals surface area contributed by atoms with Gasteiger partial charge in [-0.1, -0.05) is 30.3 Å². The van der Waals surface area contributed by atoms with Gasteiger partial charge in [-0.15, -0.1) is 11.6 Å². The van der Waals surface area contributed by atoms with Crippen molar-refractivity contribution in [3.8, 4) is 0 Å². The lowest BCUT2D eigenvalue weighted by Gasteiger charge is -2.40. The maximum Gasteiger partial charge on any atom is 0.321 e. The van der Waals surface area contributed by atoms with Gasteiger partial charge < -0.3 is 24.4 Å². The summed E-state index contributed by atoms with van der Waals surface area (Å²) in [6, 6.07) is 9.34. The van der Waals surface area contributed by atoms with Crippen molar-refractivity contribution >= 4 is 17.6 Å². The van der Waals surface area contributed by atoms with Gasteiger partial charge in [-0.05, 0) is 12.5 Å². The fraction of sp³-hybridized carbons (Fsp3) is 0.533. The topological polar surface area (TPSA) is 85.2 Å². The van der Waals surface area contributed by atoms with Crippen LogP contribution >= 0.6 is 11.6 Å². The predicted octanol–water partition coefficient (Wildman–Crippen LogP) is 0.820. The fourth-order valence-electron chi connectivity index (χ4n) is 2.27. The van der Waals surface area contributed by atoms with Crippen LogP contribution in [0.25, 0.3) is 0 Å². The van der Waals surface area contributed by atoms with Gasteiger partial charge in [0.05, 0.1) is 12.7 Å². The van der Waals surface area contributed by atoms with E-state index < -0.39 is 36.7 Å². The van der Waals surface area contributed by atoms with Gasteiger partial charge in [-0.25, -0.2) is 0 Å². The van der Waals surface area contributed by atoms with E-state index in [4.69, 9.17) is 25.8 Å². The molecular formula is C15H19ClO6. The van der Waals surface area contributed by atoms with Gasteiger partial charge in [-0.3, -0.25) is 4.79 Å². The average Bonchev–Trinajstić information content (AvgIpc) is 2.53. The summed E-state index contributed by atoms with van der Waals surface area (Å²) in [4.78, 5) is 11.4. The number of carbonyl (C=O) groups is 1. The lowest BCUT2D eigenvalue weighted by Crippen LogP contribution is -2.59. The quantitative estimate of drug-likeness (QED) is 0.614. The number of esters is 1. The monoisotopic (exact) mass is 330 g/mol. The summed E-state index contributed by atoms with van der Waals surface area (Å²) in [5.41, 5.74) is 0.894. The van der Waals surface area contributed by atoms with Crippen LogP contribution in [-0.2, 0) is 25.6 Å². The SMILES string of the molecule is C[C@@H]1O[C@@H](O)[C@H](OC(=O)CCl)[C@H](OCc2ccccc2)[C@H]1O. The molecular weight excluding hydrogens is 312 g/mol. The molecule has 1 fully saturated rings. The van der Waals surface area contributed by atoms with Crippen LogP contribution in [0, 0.1) is 0 Å². The van der Waals surface area contributed by atoms with Gasteiger partial charge in [0, 0.05) is 0 Å². The number of alkyl halides is 1. The summed E-state index contributed by atoms with van der Waals surface area (Å²) < 4.78 is 15.9. The van der Waals surface area contributed by atoms with Crippen LogP contribution < -0.4 is 0 Å². The smallest absolute Gasteiger partial charge is 0.321 e. The molecule has 22 heavy (non-hydrogen) atoms. The van der Waals surface area contributed by atoms with E-state index in [9.17, 15) is 15.0 Å². The molecule has 0 spiro atoms. The highest BCUT2D eigenvalue weighted by molar-refractivity contribution is 6.26. The zero-order valence-electron chi connectivity index (χ0n) is 12.1. The Hall–Kier alpha value is -1.18. The number of benzene rings is 1. The standard InChI is InChI=1S/C15H19ClO6/c1-9-12(18)13(20-8-10-5-3-2-4-6-10)14(15(19)21-9)22-11(17)7-16/h2-6,9,12-15,18-19H,7-8H2,1H3/t9-,12-,13+,14+,15+/m0/s1. The predicted molar refractivity (Wildman–Crippen MR) is 78.2 cm³/mol. The van der Waals surface area contributed by atoms with Crippen LogP contribution in [0.15, 0.2) is 30.3 Å².